The number of hydrogen-bond acceptors (Lipinski definition) is 5. The second-order valence-electron chi connectivity index (χ2n) is 7.38. The number of hydrogen-bond donors (Lipinski definition) is 0. The Labute approximate surface area is 159 Å². The molecule has 27 heavy (non-hydrogen) atoms. The highest BCUT2D eigenvalue weighted by Crippen LogP contribution is 2.37. The fourth-order valence-electron chi connectivity index (χ4n) is 4.20. The number of carbonyl (C=O) groups is 2. The molecule has 1 aromatic rings. The van der Waals surface area contributed by atoms with E-state index in [2.05, 4.69) is 11.8 Å². The maximum atomic E-state index is 13.4. The van der Waals surface area contributed by atoms with Crippen molar-refractivity contribution in [3.05, 3.63) is 46.8 Å². The van der Waals surface area contributed by atoms with Gasteiger partial charge in [0.15, 0.2) is 12.2 Å². The highest BCUT2D eigenvalue weighted by atomic mass is 16.2. The van der Waals surface area contributed by atoms with Crippen molar-refractivity contribution < 1.29 is 9.59 Å². The summed E-state index contributed by atoms with van der Waals surface area (Å²) in [5, 5.41) is 0. The number of urea groups is 1. The van der Waals surface area contributed by atoms with Crippen LogP contribution in [-0.2, 0) is 11.3 Å². The zero-order valence-corrected chi connectivity index (χ0v) is 16.4. The van der Waals surface area contributed by atoms with Gasteiger partial charge in [-0.1, -0.05) is 29.8 Å². The van der Waals surface area contributed by atoms with E-state index in [0.29, 0.717) is 0 Å². The number of amides is 3. The van der Waals surface area contributed by atoms with Crippen LogP contribution in [0.25, 0.3) is 0 Å². The number of nitrogens with zero attached hydrogens (tertiary/aromatic N) is 5. The van der Waals surface area contributed by atoms with E-state index in [0.717, 1.165) is 35.0 Å². The Kier molecular flexibility index (Phi) is 3.98. The monoisotopic (exact) mass is 367 g/mol. The van der Waals surface area contributed by atoms with E-state index in [4.69, 9.17) is 4.99 Å². The molecule has 7 heteroatoms. The smallest absolute Gasteiger partial charge is 0.315 e. The van der Waals surface area contributed by atoms with Gasteiger partial charge in [-0.15, -0.1) is 0 Å². The molecule has 2 atom stereocenters. The van der Waals surface area contributed by atoms with E-state index in [-0.39, 0.29) is 18.5 Å². The van der Waals surface area contributed by atoms with Crippen molar-refractivity contribution in [3.63, 3.8) is 0 Å². The van der Waals surface area contributed by atoms with Gasteiger partial charge in [0.2, 0.25) is 5.96 Å². The van der Waals surface area contributed by atoms with Crippen LogP contribution in [-0.4, -0.2) is 63.3 Å². The highest BCUT2D eigenvalue weighted by Gasteiger charge is 2.55. The molecule has 3 aliphatic rings. The first-order chi connectivity index (χ1) is 12.8. The molecular weight excluding hydrogens is 342 g/mol. The largest absolute Gasteiger partial charge is 0.328 e. The fraction of sp³-hybridized carbons (Fsp3) is 0.450. The molecule has 3 heterocycles. The molecule has 0 bridgehead atoms. The molecular formula is C20H25N5O2. The number of fused-ring (bicyclic) bond motifs is 3. The Morgan fingerprint density at radius 2 is 1.81 bits per heavy atom. The van der Waals surface area contributed by atoms with Gasteiger partial charge in [0.05, 0.1) is 6.54 Å². The predicted molar refractivity (Wildman–Crippen MR) is 102 cm³/mol. The minimum atomic E-state index is -0.501. The van der Waals surface area contributed by atoms with Gasteiger partial charge in [0.25, 0.3) is 5.91 Å². The van der Waals surface area contributed by atoms with E-state index in [1.54, 1.807) is 11.9 Å². The summed E-state index contributed by atoms with van der Waals surface area (Å²) in [5.41, 5.74) is 4.18. The van der Waals surface area contributed by atoms with Gasteiger partial charge in [-0.05, 0) is 33.3 Å². The van der Waals surface area contributed by atoms with Crippen molar-refractivity contribution in [1.82, 2.24) is 19.6 Å². The van der Waals surface area contributed by atoms with Gasteiger partial charge >= 0.3 is 6.03 Å². The van der Waals surface area contributed by atoms with E-state index in [9.17, 15) is 9.59 Å². The number of carbonyl (C=O) groups excluding carboxylic acids is 2. The molecule has 1 fully saturated rings. The van der Waals surface area contributed by atoms with Crippen LogP contribution in [0.5, 0.6) is 0 Å². The molecule has 0 spiro atoms. The lowest BCUT2D eigenvalue weighted by Crippen LogP contribution is -2.64. The van der Waals surface area contributed by atoms with Crippen LogP contribution in [0.2, 0.25) is 0 Å². The molecule has 3 aliphatic heterocycles. The summed E-state index contributed by atoms with van der Waals surface area (Å²) in [6.07, 6.45) is -0.481. The molecule has 0 aliphatic carbocycles. The first-order valence-corrected chi connectivity index (χ1v) is 9.31. The number of imide groups is 1. The minimum Gasteiger partial charge on any atom is -0.315 e. The van der Waals surface area contributed by atoms with Crippen molar-refractivity contribution in [1.29, 1.82) is 0 Å². The van der Waals surface area contributed by atoms with E-state index in [1.807, 2.05) is 49.9 Å². The minimum absolute atomic E-state index is 0.187. The van der Waals surface area contributed by atoms with Crippen LogP contribution in [0.15, 0.2) is 40.7 Å². The van der Waals surface area contributed by atoms with Crippen molar-refractivity contribution in [3.8, 4) is 0 Å². The molecule has 0 aromatic heterocycles. The second-order valence-corrected chi connectivity index (χ2v) is 7.38. The second kappa shape index (κ2) is 6.11. The maximum absolute atomic E-state index is 13.4. The van der Waals surface area contributed by atoms with Crippen LogP contribution >= 0.6 is 0 Å². The third-order valence-electron chi connectivity index (χ3n) is 5.74. The summed E-state index contributed by atoms with van der Waals surface area (Å²) >= 11 is 0. The zero-order valence-electron chi connectivity index (χ0n) is 16.4. The fourth-order valence-corrected chi connectivity index (χ4v) is 4.20. The normalized spacial score (nSPS) is 24.7. The van der Waals surface area contributed by atoms with Crippen LogP contribution in [0, 0.1) is 6.92 Å². The maximum Gasteiger partial charge on any atom is 0.328 e. The van der Waals surface area contributed by atoms with E-state index < -0.39 is 12.2 Å². The Morgan fingerprint density at radius 3 is 2.48 bits per heavy atom. The van der Waals surface area contributed by atoms with Crippen LogP contribution in [0.4, 0.5) is 4.79 Å². The first kappa shape index (κ1) is 17.6. The summed E-state index contributed by atoms with van der Waals surface area (Å²) < 4.78 is 0. The molecule has 3 amide bonds. The van der Waals surface area contributed by atoms with Crippen molar-refractivity contribution in [2.75, 3.05) is 13.6 Å². The molecule has 1 aromatic carbocycles. The van der Waals surface area contributed by atoms with Crippen LogP contribution in [0.1, 0.15) is 31.9 Å². The lowest BCUT2D eigenvalue weighted by atomic mass is 10.1. The third-order valence-corrected chi connectivity index (χ3v) is 5.74. The molecule has 0 radical (unpaired) electrons. The number of likely N-dealkylation sites (N-methyl/N-ethyl adjacent to an activating group) is 1. The summed E-state index contributed by atoms with van der Waals surface area (Å²) in [6, 6.07) is 7.10. The molecule has 7 nitrogen and oxygen atoms in total. The Morgan fingerprint density at radius 1 is 1.07 bits per heavy atom. The van der Waals surface area contributed by atoms with Gasteiger partial charge in [0.1, 0.15) is 0 Å². The number of allylic oxidation sites excluding steroid dienone is 2. The first-order valence-electron chi connectivity index (χ1n) is 9.31. The van der Waals surface area contributed by atoms with Gasteiger partial charge < -0.3 is 9.80 Å². The number of guanidine groups is 1. The molecule has 0 N–H and O–H groups in total. The summed E-state index contributed by atoms with van der Waals surface area (Å²) in [4.78, 5) is 38.1. The van der Waals surface area contributed by atoms with Gasteiger partial charge in [-0.25, -0.2) is 9.79 Å². The predicted octanol–water partition coefficient (Wildman–Crippen LogP) is 2.34. The lowest BCUT2D eigenvalue weighted by molar-refractivity contribution is -0.137. The average molecular weight is 367 g/mol. The zero-order chi connectivity index (χ0) is 19.5. The molecule has 0 saturated carbocycles. The average Bonchev–Trinajstić information content (AvgIpc) is 3.13. The summed E-state index contributed by atoms with van der Waals surface area (Å²) in [6.45, 7) is 9.17. The Hall–Kier alpha value is -2.83. The van der Waals surface area contributed by atoms with E-state index in [1.165, 1.54) is 4.90 Å². The lowest BCUT2D eigenvalue weighted by Gasteiger charge is -2.40. The molecule has 142 valence electrons. The summed E-state index contributed by atoms with van der Waals surface area (Å²) in [7, 11) is 1.73. The third kappa shape index (κ3) is 2.44. The SMILES string of the molecule is CCN1C2=NC3C(C(=O)N(Cc4cccc(C)c4)C(=O)N3C)N2C(C)=C1C. The summed E-state index contributed by atoms with van der Waals surface area (Å²) in [5.74, 6) is 0.585. The Balaban J connectivity index is 1.69. The van der Waals surface area contributed by atoms with Crippen molar-refractivity contribution in [2.45, 2.75) is 46.4 Å². The highest BCUT2D eigenvalue weighted by molar-refractivity contribution is 6.05. The molecule has 1 saturated heterocycles. The van der Waals surface area contributed by atoms with Crippen LogP contribution in [0.3, 0.4) is 0 Å². The van der Waals surface area contributed by atoms with Crippen molar-refractivity contribution >= 4 is 17.9 Å². The number of aryl methyl sites for hydroxylation is 1. The Bertz CT molecular complexity index is 890. The quantitative estimate of drug-likeness (QED) is 0.823. The number of benzene rings is 1. The standard InChI is InChI=1S/C20H25N5O2/c1-6-23-13(3)14(4)25-16-17(21-19(23)25)22(5)20(27)24(18(16)26)11-15-9-7-8-12(2)10-15/h7-10,16-17H,6,11H2,1-5H3. The molecule has 2 unspecified atom stereocenters. The number of aliphatic imine (C=N–C) groups is 1. The van der Waals surface area contributed by atoms with Gasteiger partial charge in [0, 0.05) is 25.0 Å². The molecule has 4 rings (SSSR count). The van der Waals surface area contributed by atoms with E-state index >= 15 is 0 Å². The number of rotatable bonds is 3. The van der Waals surface area contributed by atoms with Crippen LogP contribution < -0.4 is 0 Å². The van der Waals surface area contributed by atoms with Gasteiger partial charge in [-0.2, -0.15) is 0 Å². The topological polar surface area (TPSA) is 59.5 Å². The van der Waals surface area contributed by atoms with Crippen molar-refractivity contribution in [2.24, 2.45) is 4.99 Å². The van der Waals surface area contributed by atoms with Gasteiger partial charge in [-0.3, -0.25) is 14.6 Å².